The van der Waals surface area contributed by atoms with Crippen LogP contribution >= 0.6 is 23.4 Å². The summed E-state index contributed by atoms with van der Waals surface area (Å²) < 4.78 is 5.82. The van der Waals surface area contributed by atoms with E-state index in [1.807, 2.05) is 54.6 Å². The van der Waals surface area contributed by atoms with Crippen molar-refractivity contribution in [3.05, 3.63) is 72.4 Å². The average Bonchev–Trinajstić information content (AvgIpc) is 3.10. The molecule has 0 radical (unpaired) electrons. The number of hydrogen-bond donors (Lipinski definition) is 1. The van der Waals surface area contributed by atoms with Gasteiger partial charge in [0.05, 0.1) is 17.4 Å². The molecule has 0 fully saturated rings. The summed E-state index contributed by atoms with van der Waals surface area (Å²) in [6.07, 6.45) is 1.64. The van der Waals surface area contributed by atoms with Gasteiger partial charge in [0.1, 0.15) is 21.8 Å². The van der Waals surface area contributed by atoms with Crippen molar-refractivity contribution in [1.29, 1.82) is 0 Å². The largest absolute Gasteiger partial charge is 0.457 e. The third kappa shape index (κ3) is 3.12. The van der Waals surface area contributed by atoms with Crippen molar-refractivity contribution in [2.75, 3.05) is 4.90 Å². The number of carbonyl (C=O) groups is 2. The number of benzene rings is 2. The van der Waals surface area contributed by atoms with E-state index in [2.05, 4.69) is 10.3 Å². The van der Waals surface area contributed by atoms with E-state index < -0.39 is 16.5 Å². The summed E-state index contributed by atoms with van der Waals surface area (Å²) >= 11 is 7.02. The van der Waals surface area contributed by atoms with Crippen LogP contribution in [0.5, 0.6) is 11.5 Å². The Balaban J connectivity index is 1.48. The standard InChI is InChI=1S/C21H14ClN3O3S/c22-19(26)18-17-16-15(10-11-23-20(16)29-18)25(21(27)24-17)12-6-8-14(9-7-12)28-13-4-2-1-3-5-13/h1-11,17-18H,(H,24,27). The topological polar surface area (TPSA) is 71.5 Å². The number of anilines is 2. The lowest BCUT2D eigenvalue weighted by molar-refractivity contribution is -0.111. The first-order chi connectivity index (χ1) is 14.1. The minimum absolute atomic E-state index is 0.318. The second-order valence-electron chi connectivity index (χ2n) is 6.56. The Hall–Kier alpha value is -3.03. The van der Waals surface area contributed by atoms with Gasteiger partial charge in [-0.1, -0.05) is 30.0 Å². The number of hydrogen-bond acceptors (Lipinski definition) is 5. The van der Waals surface area contributed by atoms with Crippen molar-refractivity contribution < 1.29 is 14.3 Å². The number of halogens is 1. The minimum atomic E-state index is -0.576. The van der Waals surface area contributed by atoms with E-state index >= 15 is 0 Å². The number of ether oxygens (including phenoxy) is 1. The van der Waals surface area contributed by atoms with Crippen LogP contribution in [0.25, 0.3) is 0 Å². The van der Waals surface area contributed by atoms with Gasteiger partial charge in [-0.3, -0.25) is 9.69 Å². The zero-order chi connectivity index (χ0) is 20.0. The van der Waals surface area contributed by atoms with Gasteiger partial charge in [-0.2, -0.15) is 0 Å². The number of pyridine rings is 1. The molecule has 1 N–H and O–H groups in total. The highest BCUT2D eigenvalue weighted by Crippen LogP contribution is 2.51. The number of para-hydroxylation sites is 1. The molecule has 2 aromatic carbocycles. The van der Waals surface area contributed by atoms with Gasteiger partial charge in [0.15, 0.2) is 0 Å². The lowest BCUT2D eigenvalue weighted by Gasteiger charge is -2.33. The predicted octanol–water partition coefficient (Wildman–Crippen LogP) is 5.02. The van der Waals surface area contributed by atoms with Crippen molar-refractivity contribution >= 4 is 46.0 Å². The normalized spacial score (nSPS) is 19.5. The lowest BCUT2D eigenvalue weighted by atomic mass is 10.0. The van der Waals surface area contributed by atoms with Gasteiger partial charge in [0, 0.05) is 11.8 Å². The zero-order valence-corrected chi connectivity index (χ0v) is 16.5. The van der Waals surface area contributed by atoms with E-state index in [1.54, 1.807) is 17.2 Å². The number of rotatable bonds is 4. The Bertz CT molecular complexity index is 1110. The van der Waals surface area contributed by atoms with Gasteiger partial charge in [-0.15, -0.1) is 0 Å². The van der Waals surface area contributed by atoms with Crippen LogP contribution in [0.2, 0.25) is 0 Å². The van der Waals surface area contributed by atoms with E-state index in [-0.39, 0.29) is 6.03 Å². The molecule has 0 bridgehead atoms. The summed E-state index contributed by atoms with van der Waals surface area (Å²) in [5.41, 5.74) is 2.20. The molecule has 0 spiro atoms. The first-order valence-corrected chi connectivity index (χ1v) is 10.2. The van der Waals surface area contributed by atoms with Gasteiger partial charge >= 0.3 is 6.03 Å². The average molecular weight is 424 g/mol. The van der Waals surface area contributed by atoms with E-state index in [4.69, 9.17) is 16.3 Å². The van der Waals surface area contributed by atoms with Crippen LogP contribution in [0.1, 0.15) is 11.6 Å². The molecule has 1 aromatic heterocycles. The molecule has 0 saturated heterocycles. The molecule has 2 aliphatic heterocycles. The highest BCUT2D eigenvalue weighted by molar-refractivity contribution is 8.01. The number of nitrogens with zero attached hydrogens (tertiary/aromatic N) is 2. The van der Waals surface area contributed by atoms with Crippen molar-refractivity contribution in [2.24, 2.45) is 0 Å². The van der Waals surface area contributed by atoms with E-state index in [9.17, 15) is 9.59 Å². The third-order valence-electron chi connectivity index (χ3n) is 4.80. The van der Waals surface area contributed by atoms with Crippen LogP contribution in [-0.4, -0.2) is 21.5 Å². The molecule has 2 aliphatic rings. The van der Waals surface area contributed by atoms with Gasteiger partial charge in [-0.25, -0.2) is 9.78 Å². The van der Waals surface area contributed by atoms with E-state index in [0.29, 0.717) is 22.2 Å². The first kappa shape index (κ1) is 18.0. The highest BCUT2D eigenvalue weighted by atomic mass is 35.5. The third-order valence-corrected chi connectivity index (χ3v) is 6.46. The number of thioether (sulfide) groups is 1. The Kier molecular flexibility index (Phi) is 4.41. The van der Waals surface area contributed by atoms with E-state index in [1.165, 1.54) is 11.8 Å². The molecular weight excluding hydrogens is 410 g/mol. The summed E-state index contributed by atoms with van der Waals surface area (Å²) in [6, 6.07) is 17.7. The predicted molar refractivity (Wildman–Crippen MR) is 111 cm³/mol. The van der Waals surface area contributed by atoms with Crippen molar-refractivity contribution in [1.82, 2.24) is 10.3 Å². The maximum Gasteiger partial charge on any atom is 0.327 e. The summed E-state index contributed by atoms with van der Waals surface area (Å²) in [5.74, 6) is 1.40. The molecule has 0 saturated carbocycles. The highest BCUT2D eigenvalue weighted by Gasteiger charge is 2.46. The molecule has 0 aliphatic carbocycles. The number of amides is 2. The number of carbonyl (C=O) groups excluding carboxylic acids is 2. The summed E-state index contributed by atoms with van der Waals surface area (Å²) in [5, 5.41) is 2.53. The summed E-state index contributed by atoms with van der Waals surface area (Å²) in [6.45, 7) is 0. The van der Waals surface area contributed by atoms with E-state index in [0.717, 1.165) is 11.3 Å². The van der Waals surface area contributed by atoms with Crippen LogP contribution < -0.4 is 15.0 Å². The maximum atomic E-state index is 12.9. The molecule has 6 nitrogen and oxygen atoms in total. The Labute approximate surface area is 175 Å². The monoisotopic (exact) mass is 423 g/mol. The second-order valence-corrected chi connectivity index (χ2v) is 8.07. The smallest absolute Gasteiger partial charge is 0.327 e. The molecule has 2 unspecified atom stereocenters. The second kappa shape index (κ2) is 7.09. The molecule has 3 aromatic rings. The maximum absolute atomic E-state index is 12.9. The molecule has 2 atom stereocenters. The van der Waals surface area contributed by atoms with Gasteiger partial charge in [0.25, 0.3) is 0 Å². The molecular formula is C21H14ClN3O3S. The SMILES string of the molecule is O=C(Cl)C1Sc2nccc3c2C1NC(=O)N3c1ccc(Oc2ccccc2)cc1. The quantitative estimate of drug-likeness (QED) is 0.597. The fourth-order valence-corrected chi connectivity index (χ4v) is 4.96. The molecule has 2 amide bonds. The van der Waals surface area contributed by atoms with Gasteiger partial charge in [0.2, 0.25) is 5.24 Å². The molecule has 3 heterocycles. The Morgan fingerprint density at radius 2 is 1.79 bits per heavy atom. The Morgan fingerprint density at radius 3 is 2.52 bits per heavy atom. The molecule has 5 rings (SSSR count). The van der Waals surface area contributed by atoms with Crippen LogP contribution in [0.15, 0.2) is 71.9 Å². The molecule has 8 heteroatoms. The fourth-order valence-electron chi connectivity index (χ4n) is 3.54. The lowest BCUT2D eigenvalue weighted by Crippen LogP contribution is -2.46. The first-order valence-electron chi connectivity index (χ1n) is 8.90. The fraction of sp³-hybridized carbons (Fsp3) is 0.0952. The summed E-state index contributed by atoms with van der Waals surface area (Å²) in [7, 11) is 0. The van der Waals surface area contributed by atoms with Crippen LogP contribution in [0.3, 0.4) is 0 Å². The zero-order valence-electron chi connectivity index (χ0n) is 14.9. The minimum Gasteiger partial charge on any atom is -0.457 e. The molecule has 29 heavy (non-hydrogen) atoms. The number of urea groups is 1. The summed E-state index contributed by atoms with van der Waals surface area (Å²) in [4.78, 5) is 30.6. The van der Waals surface area contributed by atoms with Crippen molar-refractivity contribution in [3.8, 4) is 11.5 Å². The van der Waals surface area contributed by atoms with Crippen LogP contribution in [0, 0.1) is 0 Å². The Morgan fingerprint density at radius 1 is 1.07 bits per heavy atom. The van der Waals surface area contributed by atoms with Crippen LogP contribution in [0.4, 0.5) is 16.2 Å². The van der Waals surface area contributed by atoms with Crippen molar-refractivity contribution in [2.45, 2.75) is 16.3 Å². The number of nitrogens with one attached hydrogen (secondary N) is 1. The van der Waals surface area contributed by atoms with Crippen LogP contribution in [-0.2, 0) is 4.79 Å². The van der Waals surface area contributed by atoms with Gasteiger partial charge in [-0.05, 0) is 54.1 Å². The van der Waals surface area contributed by atoms with Crippen molar-refractivity contribution in [3.63, 3.8) is 0 Å². The van der Waals surface area contributed by atoms with Gasteiger partial charge < -0.3 is 10.1 Å². The number of aromatic nitrogens is 1. The molecule has 144 valence electrons.